The molecule has 0 fully saturated rings. The summed E-state index contributed by atoms with van der Waals surface area (Å²) in [7, 11) is -3.26. The Morgan fingerprint density at radius 3 is 2.33 bits per heavy atom. The van der Waals surface area contributed by atoms with Gasteiger partial charge in [0.2, 0.25) is 10.0 Å². The van der Waals surface area contributed by atoms with Gasteiger partial charge in [0.15, 0.2) is 0 Å². The molecule has 0 amide bonds. The van der Waals surface area contributed by atoms with Gasteiger partial charge in [-0.25, -0.2) is 8.42 Å². The third-order valence-electron chi connectivity index (χ3n) is 3.06. The number of benzene rings is 1. The van der Waals surface area contributed by atoms with Crippen molar-refractivity contribution >= 4 is 15.7 Å². The summed E-state index contributed by atoms with van der Waals surface area (Å²) in [5, 5.41) is -0.288. The Hall–Kier alpha value is -1.03. The van der Waals surface area contributed by atoms with Crippen molar-refractivity contribution in [3.05, 3.63) is 30.3 Å². The minimum absolute atomic E-state index is 0.288. The monoisotopic (exact) mass is 269 g/mol. The highest BCUT2D eigenvalue weighted by Gasteiger charge is 2.22. The number of rotatable bonds is 8. The average Bonchev–Trinajstić information content (AvgIpc) is 2.35. The maximum absolute atomic E-state index is 12.2. The minimum atomic E-state index is -3.26. The Labute approximate surface area is 111 Å². The molecule has 0 aromatic heterocycles. The molecule has 102 valence electrons. The van der Waals surface area contributed by atoms with Crippen LogP contribution in [0.4, 0.5) is 5.69 Å². The summed E-state index contributed by atoms with van der Waals surface area (Å²) in [6.45, 7) is 4.05. The van der Waals surface area contributed by atoms with E-state index in [1.54, 1.807) is 12.1 Å². The van der Waals surface area contributed by atoms with Crippen LogP contribution in [0.15, 0.2) is 30.3 Å². The second kappa shape index (κ2) is 7.41. The third-order valence-corrected chi connectivity index (χ3v) is 5.02. The Bertz CT molecular complexity index is 428. The van der Waals surface area contributed by atoms with Crippen LogP contribution >= 0.6 is 0 Å². The summed E-state index contributed by atoms with van der Waals surface area (Å²) in [6, 6.07) is 9.08. The highest BCUT2D eigenvalue weighted by Crippen LogP contribution is 2.18. The van der Waals surface area contributed by atoms with E-state index in [2.05, 4.69) is 11.6 Å². The van der Waals surface area contributed by atoms with Gasteiger partial charge in [0.05, 0.1) is 5.25 Å². The van der Waals surface area contributed by atoms with E-state index in [0.717, 1.165) is 25.7 Å². The number of nitrogens with one attached hydrogen (secondary N) is 1. The van der Waals surface area contributed by atoms with E-state index in [-0.39, 0.29) is 5.25 Å². The van der Waals surface area contributed by atoms with Gasteiger partial charge < -0.3 is 0 Å². The molecule has 1 aromatic carbocycles. The zero-order valence-electron chi connectivity index (χ0n) is 11.2. The maximum atomic E-state index is 12.2. The second-order valence-corrected chi connectivity index (χ2v) is 6.50. The van der Waals surface area contributed by atoms with Crippen molar-refractivity contribution < 1.29 is 8.42 Å². The minimum Gasteiger partial charge on any atom is -0.283 e. The lowest BCUT2D eigenvalue weighted by Crippen LogP contribution is -2.27. The molecule has 1 atom stereocenters. The fourth-order valence-electron chi connectivity index (χ4n) is 1.95. The Morgan fingerprint density at radius 2 is 1.78 bits per heavy atom. The van der Waals surface area contributed by atoms with Gasteiger partial charge in [-0.15, -0.1) is 0 Å². The van der Waals surface area contributed by atoms with Crippen LogP contribution in [0.2, 0.25) is 0 Å². The van der Waals surface area contributed by atoms with Gasteiger partial charge in [0, 0.05) is 5.69 Å². The van der Waals surface area contributed by atoms with Gasteiger partial charge in [0.25, 0.3) is 0 Å². The first-order chi connectivity index (χ1) is 8.60. The zero-order chi connectivity index (χ0) is 13.4. The van der Waals surface area contributed by atoms with E-state index in [9.17, 15) is 8.42 Å². The summed E-state index contributed by atoms with van der Waals surface area (Å²) < 4.78 is 27.1. The molecule has 4 heteroatoms. The predicted molar refractivity (Wildman–Crippen MR) is 77.2 cm³/mol. The molecule has 0 aliphatic heterocycles. The zero-order valence-corrected chi connectivity index (χ0v) is 12.0. The van der Waals surface area contributed by atoms with E-state index < -0.39 is 10.0 Å². The standard InChI is InChI=1S/C14H23NO2S/c1-3-5-7-12-14(4-2)18(16,17)15-13-10-8-6-9-11-13/h6,8-11,14-15H,3-5,7,12H2,1-2H3. The highest BCUT2D eigenvalue weighted by molar-refractivity contribution is 7.93. The smallest absolute Gasteiger partial charge is 0.235 e. The fourth-order valence-corrected chi connectivity index (χ4v) is 3.50. The lowest BCUT2D eigenvalue weighted by atomic mass is 10.1. The first-order valence-corrected chi connectivity index (χ1v) is 8.21. The van der Waals surface area contributed by atoms with E-state index in [1.807, 2.05) is 25.1 Å². The van der Waals surface area contributed by atoms with Gasteiger partial charge in [-0.1, -0.05) is 51.3 Å². The predicted octanol–water partition coefficient (Wildman–Crippen LogP) is 3.79. The SMILES string of the molecule is CCCCCC(CC)S(=O)(=O)Nc1ccccc1. The molecule has 0 heterocycles. The molecule has 1 aromatic rings. The molecule has 0 aliphatic rings. The molecule has 0 bridgehead atoms. The first-order valence-electron chi connectivity index (χ1n) is 6.66. The van der Waals surface area contributed by atoms with E-state index in [4.69, 9.17) is 0 Å². The van der Waals surface area contributed by atoms with Crippen molar-refractivity contribution in [2.24, 2.45) is 0 Å². The van der Waals surface area contributed by atoms with Crippen molar-refractivity contribution in [1.82, 2.24) is 0 Å². The molecule has 1 rings (SSSR count). The summed E-state index contributed by atoms with van der Waals surface area (Å²) in [4.78, 5) is 0. The summed E-state index contributed by atoms with van der Waals surface area (Å²) in [6.07, 6.45) is 4.59. The number of para-hydroxylation sites is 1. The largest absolute Gasteiger partial charge is 0.283 e. The molecular formula is C14H23NO2S. The molecule has 3 nitrogen and oxygen atoms in total. The lowest BCUT2D eigenvalue weighted by Gasteiger charge is -2.17. The number of sulfonamides is 1. The molecule has 0 radical (unpaired) electrons. The third kappa shape index (κ3) is 4.69. The molecule has 0 saturated carbocycles. The molecule has 1 N–H and O–H groups in total. The summed E-state index contributed by atoms with van der Waals surface area (Å²) >= 11 is 0. The molecule has 0 saturated heterocycles. The topological polar surface area (TPSA) is 46.2 Å². The van der Waals surface area contributed by atoms with Crippen molar-refractivity contribution in [3.63, 3.8) is 0 Å². The van der Waals surface area contributed by atoms with Crippen LogP contribution in [0.25, 0.3) is 0 Å². The first kappa shape index (κ1) is 15.0. The highest BCUT2D eigenvalue weighted by atomic mass is 32.2. The van der Waals surface area contributed by atoms with Crippen molar-refractivity contribution in [3.8, 4) is 0 Å². The van der Waals surface area contributed by atoms with Crippen LogP contribution in [-0.4, -0.2) is 13.7 Å². The normalized spacial score (nSPS) is 13.2. The number of hydrogen-bond donors (Lipinski definition) is 1. The summed E-state index contributed by atoms with van der Waals surface area (Å²) in [5.41, 5.74) is 0.645. The van der Waals surface area contributed by atoms with Crippen LogP contribution in [0.3, 0.4) is 0 Å². The van der Waals surface area contributed by atoms with Gasteiger partial charge in [-0.3, -0.25) is 4.72 Å². The summed E-state index contributed by atoms with van der Waals surface area (Å²) in [5.74, 6) is 0. The van der Waals surface area contributed by atoms with Gasteiger partial charge in [-0.2, -0.15) is 0 Å². The average molecular weight is 269 g/mol. The van der Waals surface area contributed by atoms with E-state index in [0.29, 0.717) is 12.1 Å². The Balaban J connectivity index is 2.65. The molecule has 0 aliphatic carbocycles. The van der Waals surface area contributed by atoms with Crippen LogP contribution in [-0.2, 0) is 10.0 Å². The number of anilines is 1. The van der Waals surface area contributed by atoms with E-state index >= 15 is 0 Å². The molecule has 0 spiro atoms. The Morgan fingerprint density at radius 1 is 1.11 bits per heavy atom. The van der Waals surface area contributed by atoms with Gasteiger partial charge >= 0.3 is 0 Å². The second-order valence-electron chi connectivity index (χ2n) is 4.54. The maximum Gasteiger partial charge on any atom is 0.235 e. The van der Waals surface area contributed by atoms with E-state index in [1.165, 1.54) is 0 Å². The van der Waals surface area contributed by atoms with Crippen LogP contribution in [0.5, 0.6) is 0 Å². The quantitative estimate of drug-likeness (QED) is 0.730. The van der Waals surface area contributed by atoms with Gasteiger partial charge in [-0.05, 0) is 25.0 Å². The Kier molecular flexibility index (Phi) is 6.19. The van der Waals surface area contributed by atoms with Crippen molar-refractivity contribution in [2.75, 3.05) is 4.72 Å². The van der Waals surface area contributed by atoms with Crippen molar-refractivity contribution in [2.45, 2.75) is 51.2 Å². The van der Waals surface area contributed by atoms with Crippen LogP contribution in [0, 0.1) is 0 Å². The van der Waals surface area contributed by atoms with Gasteiger partial charge in [0.1, 0.15) is 0 Å². The number of hydrogen-bond acceptors (Lipinski definition) is 2. The molecule has 1 unspecified atom stereocenters. The fraction of sp³-hybridized carbons (Fsp3) is 0.571. The lowest BCUT2D eigenvalue weighted by molar-refractivity contribution is 0.557. The van der Waals surface area contributed by atoms with Crippen molar-refractivity contribution in [1.29, 1.82) is 0 Å². The number of unbranched alkanes of at least 4 members (excludes halogenated alkanes) is 2. The molecule has 18 heavy (non-hydrogen) atoms. The van der Waals surface area contributed by atoms with Crippen LogP contribution in [0.1, 0.15) is 46.0 Å². The van der Waals surface area contributed by atoms with Crippen LogP contribution < -0.4 is 4.72 Å². The molecular weight excluding hydrogens is 246 g/mol.